The Labute approximate surface area is 125 Å². The van der Waals surface area contributed by atoms with Crippen LogP contribution in [-0.2, 0) is 11.3 Å². The van der Waals surface area contributed by atoms with Crippen molar-refractivity contribution in [1.29, 1.82) is 0 Å². The molecule has 3 heterocycles. The van der Waals surface area contributed by atoms with E-state index in [1.54, 1.807) is 6.92 Å². The molecule has 0 unspecified atom stereocenters. The van der Waals surface area contributed by atoms with Gasteiger partial charge in [-0.1, -0.05) is 5.16 Å². The highest BCUT2D eigenvalue weighted by molar-refractivity contribution is 6.28. The molecule has 1 saturated heterocycles. The molecule has 1 aliphatic rings. The van der Waals surface area contributed by atoms with Gasteiger partial charge in [-0.15, -0.1) is 0 Å². The van der Waals surface area contributed by atoms with Crippen molar-refractivity contribution in [1.82, 2.24) is 25.1 Å². The number of halogens is 1. The molecule has 0 saturated carbocycles. The quantitative estimate of drug-likeness (QED) is 0.872. The fourth-order valence-corrected chi connectivity index (χ4v) is 2.05. The van der Waals surface area contributed by atoms with Crippen LogP contribution in [0.1, 0.15) is 11.7 Å². The smallest absolute Gasteiger partial charge is 0.246 e. The molecule has 3 rings (SSSR count). The maximum atomic E-state index is 5.94. The Morgan fingerprint density at radius 3 is 2.71 bits per heavy atom. The summed E-state index contributed by atoms with van der Waals surface area (Å²) in [5.74, 6) is 1.93. The average Bonchev–Trinajstić information content (AvgIpc) is 2.91. The van der Waals surface area contributed by atoms with Crippen LogP contribution in [0.25, 0.3) is 0 Å². The van der Waals surface area contributed by atoms with Gasteiger partial charge in [-0.05, 0) is 18.5 Å². The normalized spacial score (nSPS) is 15.2. The van der Waals surface area contributed by atoms with E-state index < -0.39 is 0 Å². The summed E-state index contributed by atoms with van der Waals surface area (Å²) in [5.41, 5.74) is 0. The van der Waals surface area contributed by atoms with Crippen LogP contribution < -0.4 is 10.2 Å². The Hall–Kier alpha value is -2.00. The lowest BCUT2D eigenvalue weighted by molar-refractivity contribution is 0.122. The van der Waals surface area contributed by atoms with Gasteiger partial charge in [0.15, 0.2) is 5.82 Å². The van der Waals surface area contributed by atoms with E-state index in [0.717, 1.165) is 13.1 Å². The number of hydrogen-bond donors (Lipinski definition) is 1. The molecule has 1 fully saturated rings. The summed E-state index contributed by atoms with van der Waals surface area (Å²) in [7, 11) is 0. The van der Waals surface area contributed by atoms with Crippen molar-refractivity contribution >= 4 is 23.5 Å². The predicted octanol–water partition coefficient (Wildman–Crippen LogP) is 0.665. The van der Waals surface area contributed by atoms with Crippen molar-refractivity contribution in [3.63, 3.8) is 0 Å². The second-order valence-electron chi connectivity index (χ2n) is 4.42. The Kier molecular flexibility index (Phi) is 4.11. The molecule has 2 aromatic heterocycles. The summed E-state index contributed by atoms with van der Waals surface area (Å²) in [6, 6.07) is 0. The highest BCUT2D eigenvalue weighted by Gasteiger charge is 2.16. The number of rotatable bonds is 4. The number of aryl methyl sites for hydroxylation is 1. The van der Waals surface area contributed by atoms with Gasteiger partial charge in [0.25, 0.3) is 0 Å². The standard InChI is InChI=1S/C11H14ClN7O2/c1-7-14-8(21-18-7)6-13-10-15-9(12)16-11(17-10)19-2-4-20-5-3-19/h2-6H2,1H3,(H,13,15,16,17). The van der Waals surface area contributed by atoms with E-state index in [2.05, 4.69) is 30.4 Å². The summed E-state index contributed by atoms with van der Waals surface area (Å²) in [6.07, 6.45) is 0. The molecule has 1 N–H and O–H groups in total. The molecule has 21 heavy (non-hydrogen) atoms. The molecule has 0 radical (unpaired) electrons. The van der Waals surface area contributed by atoms with Gasteiger partial charge < -0.3 is 19.5 Å². The Morgan fingerprint density at radius 2 is 2.00 bits per heavy atom. The van der Waals surface area contributed by atoms with Crippen LogP contribution in [0, 0.1) is 6.92 Å². The van der Waals surface area contributed by atoms with Gasteiger partial charge in [0.1, 0.15) is 0 Å². The van der Waals surface area contributed by atoms with Gasteiger partial charge in [-0.2, -0.15) is 19.9 Å². The van der Waals surface area contributed by atoms with E-state index in [-0.39, 0.29) is 5.28 Å². The van der Waals surface area contributed by atoms with Crippen LogP contribution >= 0.6 is 11.6 Å². The molecule has 0 amide bonds. The summed E-state index contributed by atoms with van der Waals surface area (Å²) in [5, 5.41) is 6.84. The van der Waals surface area contributed by atoms with Gasteiger partial charge in [-0.25, -0.2) is 0 Å². The predicted molar refractivity (Wildman–Crippen MR) is 74.2 cm³/mol. The van der Waals surface area contributed by atoms with Gasteiger partial charge >= 0.3 is 0 Å². The third kappa shape index (κ3) is 3.56. The molecule has 0 aromatic carbocycles. The summed E-state index contributed by atoms with van der Waals surface area (Å²) >= 11 is 5.94. The number of anilines is 2. The third-order valence-corrected chi connectivity index (χ3v) is 3.03. The van der Waals surface area contributed by atoms with E-state index in [9.17, 15) is 0 Å². The number of nitrogens with one attached hydrogen (secondary N) is 1. The highest BCUT2D eigenvalue weighted by atomic mass is 35.5. The zero-order valence-electron chi connectivity index (χ0n) is 11.4. The second kappa shape index (κ2) is 6.19. The van der Waals surface area contributed by atoms with Crippen molar-refractivity contribution in [3.8, 4) is 0 Å². The molecule has 112 valence electrons. The van der Waals surface area contributed by atoms with Crippen molar-refractivity contribution in [2.45, 2.75) is 13.5 Å². The second-order valence-corrected chi connectivity index (χ2v) is 4.75. The van der Waals surface area contributed by atoms with Crippen LogP contribution in [0.15, 0.2) is 4.52 Å². The van der Waals surface area contributed by atoms with Crippen molar-refractivity contribution in [2.24, 2.45) is 0 Å². The molecule has 0 atom stereocenters. The molecule has 0 aliphatic carbocycles. The Balaban J connectivity index is 1.71. The maximum Gasteiger partial charge on any atom is 0.246 e. The van der Waals surface area contributed by atoms with E-state index in [1.807, 2.05) is 4.90 Å². The van der Waals surface area contributed by atoms with E-state index in [1.165, 1.54) is 0 Å². The van der Waals surface area contributed by atoms with Crippen LogP contribution in [0.4, 0.5) is 11.9 Å². The number of hydrogen-bond acceptors (Lipinski definition) is 9. The molecule has 1 aliphatic heterocycles. The number of morpholine rings is 1. The monoisotopic (exact) mass is 311 g/mol. The Morgan fingerprint density at radius 1 is 1.19 bits per heavy atom. The van der Waals surface area contributed by atoms with Gasteiger partial charge in [0.2, 0.25) is 23.1 Å². The lowest BCUT2D eigenvalue weighted by Gasteiger charge is -2.26. The third-order valence-electron chi connectivity index (χ3n) is 2.86. The van der Waals surface area contributed by atoms with E-state index >= 15 is 0 Å². The number of nitrogens with zero attached hydrogens (tertiary/aromatic N) is 6. The van der Waals surface area contributed by atoms with Gasteiger partial charge in [-0.3, -0.25) is 0 Å². The molecular weight excluding hydrogens is 298 g/mol. The maximum absolute atomic E-state index is 5.94. The lowest BCUT2D eigenvalue weighted by Crippen LogP contribution is -2.37. The fourth-order valence-electron chi connectivity index (χ4n) is 1.89. The number of ether oxygens (including phenoxy) is 1. The van der Waals surface area contributed by atoms with Gasteiger partial charge in [0, 0.05) is 13.1 Å². The van der Waals surface area contributed by atoms with Crippen LogP contribution in [-0.4, -0.2) is 51.4 Å². The largest absolute Gasteiger partial charge is 0.378 e. The van der Waals surface area contributed by atoms with Crippen molar-refractivity contribution in [2.75, 3.05) is 36.5 Å². The first-order valence-corrected chi connectivity index (χ1v) is 6.86. The zero-order chi connectivity index (χ0) is 14.7. The van der Waals surface area contributed by atoms with Gasteiger partial charge in [0.05, 0.1) is 19.8 Å². The molecular formula is C11H14ClN7O2. The first-order valence-electron chi connectivity index (χ1n) is 6.48. The number of aromatic nitrogens is 5. The van der Waals surface area contributed by atoms with Crippen molar-refractivity contribution in [3.05, 3.63) is 17.0 Å². The summed E-state index contributed by atoms with van der Waals surface area (Å²) in [4.78, 5) is 18.6. The minimum Gasteiger partial charge on any atom is -0.378 e. The summed E-state index contributed by atoms with van der Waals surface area (Å²) in [6.45, 7) is 4.82. The zero-order valence-corrected chi connectivity index (χ0v) is 12.2. The highest BCUT2D eigenvalue weighted by Crippen LogP contribution is 2.15. The summed E-state index contributed by atoms with van der Waals surface area (Å²) < 4.78 is 10.3. The molecule has 0 bridgehead atoms. The minimum atomic E-state index is 0.135. The van der Waals surface area contributed by atoms with Crippen LogP contribution in [0.5, 0.6) is 0 Å². The molecule has 9 nitrogen and oxygen atoms in total. The van der Waals surface area contributed by atoms with E-state index in [0.29, 0.717) is 43.4 Å². The van der Waals surface area contributed by atoms with Crippen molar-refractivity contribution < 1.29 is 9.26 Å². The first-order chi connectivity index (χ1) is 10.2. The van der Waals surface area contributed by atoms with Crippen LogP contribution in [0.2, 0.25) is 5.28 Å². The Bertz CT molecular complexity index is 614. The lowest BCUT2D eigenvalue weighted by atomic mass is 10.4. The fraction of sp³-hybridized carbons (Fsp3) is 0.545. The topological polar surface area (TPSA) is 102 Å². The SMILES string of the molecule is Cc1noc(CNc2nc(Cl)nc(N3CCOCC3)n2)n1. The average molecular weight is 312 g/mol. The first kappa shape index (κ1) is 14.0. The van der Waals surface area contributed by atoms with E-state index in [4.69, 9.17) is 20.9 Å². The molecule has 0 spiro atoms. The minimum absolute atomic E-state index is 0.135. The van der Waals surface area contributed by atoms with Crippen LogP contribution in [0.3, 0.4) is 0 Å². The molecule has 10 heteroatoms. The molecule has 2 aromatic rings.